The lowest BCUT2D eigenvalue weighted by atomic mass is 9.56. The van der Waals surface area contributed by atoms with Crippen LogP contribution in [0.15, 0.2) is 12.2 Å². The van der Waals surface area contributed by atoms with Gasteiger partial charge in [-0.05, 0) is 99.7 Å². The molecule has 3 fully saturated rings. The number of rotatable bonds is 2. The fourth-order valence-electron chi connectivity index (χ4n) is 6.24. The fourth-order valence-corrected chi connectivity index (χ4v) is 6.24. The lowest BCUT2D eigenvalue weighted by Crippen LogP contribution is -2.40. The summed E-state index contributed by atoms with van der Waals surface area (Å²) in [4.78, 5) is 0. The van der Waals surface area contributed by atoms with Crippen molar-refractivity contribution in [3.05, 3.63) is 12.2 Å². The van der Waals surface area contributed by atoms with Crippen molar-refractivity contribution < 1.29 is 0 Å². The van der Waals surface area contributed by atoms with Gasteiger partial charge >= 0.3 is 0 Å². The Morgan fingerprint density at radius 2 is 1.33 bits per heavy atom. The predicted molar refractivity (Wildman–Crippen MR) is 92.1 cm³/mol. The van der Waals surface area contributed by atoms with Crippen molar-refractivity contribution in [3.8, 4) is 0 Å². The summed E-state index contributed by atoms with van der Waals surface area (Å²) in [6, 6.07) is 0. The first-order chi connectivity index (χ1) is 10.1. The van der Waals surface area contributed by atoms with Crippen molar-refractivity contribution in [2.24, 2.45) is 41.4 Å². The molecule has 5 atom stereocenters. The highest BCUT2D eigenvalue weighted by Crippen LogP contribution is 2.52. The Balaban J connectivity index is 1.59. The molecule has 0 saturated heterocycles. The van der Waals surface area contributed by atoms with Gasteiger partial charge in [-0.3, -0.25) is 0 Å². The maximum absolute atomic E-state index is 4.19. The summed E-state index contributed by atoms with van der Waals surface area (Å²) in [7, 11) is 0. The summed E-state index contributed by atoms with van der Waals surface area (Å²) >= 11 is 0. The van der Waals surface area contributed by atoms with Crippen LogP contribution < -0.4 is 0 Å². The topological polar surface area (TPSA) is 0 Å². The highest BCUT2D eigenvalue weighted by Gasteiger charge is 2.42. The van der Waals surface area contributed by atoms with E-state index in [1.807, 2.05) is 0 Å². The van der Waals surface area contributed by atoms with E-state index in [4.69, 9.17) is 0 Å². The molecule has 0 spiro atoms. The highest BCUT2D eigenvalue weighted by atomic mass is 14.5. The highest BCUT2D eigenvalue weighted by molar-refractivity contribution is 4.99. The fraction of sp³-hybridized carbons (Fsp3) is 0.905. The van der Waals surface area contributed by atoms with Gasteiger partial charge in [0.1, 0.15) is 0 Å². The van der Waals surface area contributed by atoms with E-state index in [2.05, 4.69) is 27.4 Å². The number of hydrogen-bond acceptors (Lipinski definition) is 0. The van der Waals surface area contributed by atoms with Gasteiger partial charge < -0.3 is 0 Å². The van der Waals surface area contributed by atoms with Crippen LogP contribution in [0.5, 0.6) is 0 Å². The molecule has 0 bridgehead atoms. The van der Waals surface area contributed by atoms with Gasteiger partial charge in [-0.25, -0.2) is 0 Å². The minimum Gasteiger partial charge on any atom is -0.0999 e. The summed E-state index contributed by atoms with van der Waals surface area (Å²) in [5, 5.41) is 0. The molecular formula is C21H36. The van der Waals surface area contributed by atoms with E-state index < -0.39 is 0 Å². The molecule has 0 nitrogen and oxygen atoms in total. The third-order valence-corrected chi connectivity index (χ3v) is 7.60. The van der Waals surface area contributed by atoms with E-state index in [1.54, 1.807) is 6.42 Å². The molecule has 0 aliphatic heterocycles. The van der Waals surface area contributed by atoms with Gasteiger partial charge in [-0.2, -0.15) is 0 Å². The van der Waals surface area contributed by atoms with E-state index in [0.717, 1.165) is 41.4 Å². The Morgan fingerprint density at radius 1 is 0.762 bits per heavy atom. The Kier molecular flexibility index (Phi) is 4.81. The van der Waals surface area contributed by atoms with Crippen LogP contribution in [0.4, 0.5) is 0 Å². The molecule has 120 valence electrons. The van der Waals surface area contributed by atoms with Crippen molar-refractivity contribution in [1.82, 2.24) is 0 Å². The molecule has 0 aromatic carbocycles. The van der Waals surface area contributed by atoms with Gasteiger partial charge in [0, 0.05) is 0 Å². The summed E-state index contributed by atoms with van der Waals surface area (Å²) < 4.78 is 0. The summed E-state index contributed by atoms with van der Waals surface area (Å²) in [5.41, 5.74) is 1.44. The predicted octanol–water partition coefficient (Wildman–Crippen LogP) is 6.47. The lowest BCUT2D eigenvalue weighted by molar-refractivity contribution is 0.0114. The van der Waals surface area contributed by atoms with Gasteiger partial charge in [-0.1, -0.05) is 32.4 Å². The Morgan fingerprint density at radius 3 is 2.00 bits per heavy atom. The minimum atomic E-state index is 0.837. The van der Waals surface area contributed by atoms with Gasteiger partial charge in [0.15, 0.2) is 0 Å². The van der Waals surface area contributed by atoms with Crippen LogP contribution in [0.3, 0.4) is 0 Å². The third kappa shape index (κ3) is 3.25. The van der Waals surface area contributed by atoms with Gasteiger partial charge in [-0.15, -0.1) is 0 Å². The summed E-state index contributed by atoms with van der Waals surface area (Å²) in [6.07, 6.45) is 13.5. The summed E-state index contributed by atoms with van der Waals surface area (Å²) in [5.74, 6) is 7.07. The quantitative estimate of drug-likeness (QED) is 0.511. The molecule has 0 amide bonds. The lowest BCUT2D eigenvalue weighted by Gasteiger charge is -2.49. The smallest absolute Gasteiger partial charge is 0.0208 e. The maximum Gasteiger partial charge on any atom is -0.0208 e. The second kappa shape index (κ2) is 6.47. The molecule has 0 aromatic rings. The van der Waals surface area contributed by atoms with Crippen molar-refractivity contribution in [2.45, 2.75) is 78.6 Å². The maximum atomic E-state index is 4.19. The first kappa shape index (κ1) is 15.6. The number of fused-ring (bicyclic) bond motifs is 1. The molecular weight excluding hydrogens is 252 g/mol. The first-order valence-corrected chi connectivity index (χ1v) is 9.71. The second-order valence-electron chi connectivity index (χ2n) is 8.90. The number of allylic oxidation sites excluding steroid dienone is 1. The van der Waals surface area contributed by atoms with E-state index >= 15 is 0 Å². The standard InChI is InChI=1S/C21H36/c1-14(2)17-6-8-18(9-7-17)20-12-10-19-13-15(3)5-11-21(19)16(20)4/h15-21H,1,5-13H2,2-4H3. The van der Waals surface area contributed by atoms with Crippen LogP contribution in [0.25, 0.3) is 0 Å². The monoisotopic (exact) mass is 288 g/mol. The number of hydrogen-bond donors (Lipinski definition) is 0. The average molecular weight is 289 g/mol. The van der Waals surface area contributed by atoms with E-state index in [1.165, 1.54) is 56.9 Å². The molecule has 0 N–H and O–H groups in total. The van der Waals surface area contributed by atoms with Crippen LogP contribution in [0, 0.1) is 41.4 Å². The average Bonchev–Trinajstić information content (AvgIpc) is 2.47. The minimum absolute atomic E-state index is 0.837. The van der Waals surface area contributed by atoms with Crippen molar-refractivity contribution in [3.63, 3.8) is 0 Å². The Labute approximate surface area is 132 Å². The van der Waals surface area contributed by atoms with Crippen molar-refractivity contribution in [1.29, 1.82) is 0 Å². The molecule has 3 rings (SSSR count). The molecule has 0 aromatic heterocycles. The molecule has 0 heterocycles. The largest absolute Gasteiger partial charge is 0.0999 e. The molecule has 0 heteroatoms. The van der Waals surface area contributed by atoms with E-state index in [0.29, 0.717) is 0 Å². The van der Waals surface area contributed by atoms with Crippen LogP contribution in [0.1, 0.15) is 78.6 Å². The zero-order valence-electron chi connectivity index (χ0n) is 14.6. The van der Waals surface area contributed by atoms with Gasteiger partial charge in [0.05, 0.1) is 0 Å². The SMILES string of the molecule is C=C(C)C1CCC(C2CCC3CC(C)CCC3C2C)CC1. The van der Waals surface area contributed by atoms with Gasteiger partial charge in [0.2, 0.25) is 0 Å². The Bertz CT molecular complexity index is 360. The second-order valence-corrected chi connectivity index (χ2v) is 8.90. The molecule has 21 heavy (non-hydrogen) atoms. The third-order valence-electron chi connectivity index (χ3n) is 7.60. The van der Waals surface area contributed by atoms with Crippen molar-refractivity contribution >= 4 is 0 Å². The van der Waals surface area contributed by atoms with Crippen LogP contribution in [-0.2, 0) is 0 Å². The van der Waals surface area contributed by atoms with E-state index in [9.17, 15) is 0 Å². The van der Waals surface area contributed by atoms with E-state index in [-0.39, 0.29) is 0 Å². The zero-order valence-corrected chi connectivity index (χ0v) is 14.6. The Hall–Kier alpha value is -0.260. The molecule has 3 saturated carbocycles. The molecule has 5 unspecified atom stereocenters. The molecule has 0 radical (unpaired) electrons. The van der Waals surface area contributed by atoms with Crippen LogP contribution in [-0.4, -0.2) is 0 Å². The van der Waals surface area contributed by atoms with Gasteiger partial charge in [0.25, 0.3) is 0 Å². The normalized spacial score (nSPS) is 47.7. The van der Waals surface area contributed by atoms with Crippen LogP contribution >= 0.6 is 0 Å². The summed E-state index contributed by atoms with van der Waals surface area (Å²) in [6.45, 7) is 11.5. The molecule has 3 aliphatic rings. The van der Waals surface area contributed by atoms with Crippen molar-refractivity contribution in [2.75, 3.05) is 0 Å². The zero-order chi connectivity index (χ0) is 15.0. The molecule has 3 aliphatic carbocycles. The first-order valence-electron chi connectivity index (χ1n) is 9.71. The van der Waals surface area contributed by atoms with Crippen LogP contribution in [0.2, 0.25) is 0 Å².